The Bertz CT molecular complexity index is 686. The van der Waals surface area contributed by atoms with E-state index in [0.717, 1.165) is 5.56 Å². The van der Waals surface area contributed by atoms with Crippen LogP contribution >= 0.6 is 0 Å². The largest absolute Gasteiger partial charge is 0.457 e. The highest BCUT2D eigenvalue weighted by Gasteiger charge is 2.12. The Morgan fingerprint density at radius 3 is 2.27 bits per heavy atom. The summed E-state index contributed by atoms with van der Waals surface area (Å²) in [4.78, 5) is 0.0724. The van der Waals surface area contributed by atoms with Gasteiger partial charge >= 0.3 is 0 Å². The van der Waals surface area contributed by atoms with Gasteiger partial charge in [-0.1, -0.05) is 32.0 Å². The second kappa shape index (κ2) is 8.53. The summed E-state index contributed by atoms with van der Waals surface area (Å²) in [6.07, 6.45) is 0. The summed E-state index contributed by atoms with van der Waals surface area (Å²) in [5.41, 5.74) is 0.725. The molecule has 2 aromatic carbocycles. The van der Waals surface area contributed by atoms with Crippen molar-refractivity contribution in [1.29, 1.82) is 0 Å². The zero-order valence-corrected chi connectivity index (χ0v) is 13.9. The van der Waals surface area contributed by atoms with Crippen molar-refractivity contribution >= 4 is 10.0 Å². The van der Waals surface area contributed by atoms with Gasteiger partial charge in [0.2, 0.25) is 10.0 Å². The van der Waals surface area contributed by atoms with Gasteiger partial charge < -0.3 is 10.1 Å². The Balaban J connectivity index is 0.00000116. The number of nitrogens with one attached hydrogen (secondary N) is 1. The molecular formula is C16H22N2O3S. The van der Waals surface area contributed by atoms with Gasteiger partial charge in [-0.05, 0) is 37.4 Å². The van der Waals surface area contributed by atoms with Crippen molar-refractivity contribution in [2.45, 2.75) is 25.3 Å². The van der Waals surface area contributed by atoms with Crippen molar-refractivity contribution < 1.29 is 13.2 Å². The minimum atomic E-state index is -3.72. The molecule has 2 rings (SSSR count). The second-order valence-electron chi connectivity index (χ2n) is 4.26. The van der Waals surface area contributed by atoms with Crippen LogP contribution in [0.5, 0.6) is 11.5 Å². The zero-order chi connectivity index (χ0) is 16.6. The van der Waals surface area contributed by atoms with Gasteiger partial charge in [-0.15, -0.1) is 0 Å². The molecule has 0 spiro atoms. The Labute approximate surface area is 132 Å². The number of ether oxygens (including phenoxy) is 1. The van der Waals surface area contributed by atoms with Gasteiger partial charge in [-0.25, -0.2) is 13.6 Å². The van der Waals surface area contributed by atoms with Crippen molar-refractivity contribution in [3.63, 3.8) is 0 Å². The van der Waals surface area contributed by atoms with E-state index in [1.54, 1.807) is 13.1 Å². The van der Waals surface area contributed by atoms with Crippen LogP contribution in [-0.4, -0.2) is 15.5 Å². The number of hydrogen-bond acceptors (Lipinski definition) is 4. The molecule has 0 bridgehead atoms. The van der Waals surface area contributed by atoms with Gasteiger partial charge in [-0.2, -0.15) is 0 Å². The minimum Gasteiger partial charge on any atom is -0.457 e. The Hall–Kier alpha value is -1.89. The first kappa shape index (κ1) is 18.2. The van der Waals surface area contributed by atoms with E-state index in [1.807, 2.05) is 44.2 Å². The molecule has 0 aromatic heterocycles. The maximum atomic E-state index is 11.4. The van der Waals surface area contributed by atoms with E-state index in [-0.39, 0.29) is 4.90 Å². The van der Waals surface area contributed by atoms with E-state index in [0.29, 0.717) is 18.0 Å². The van der Waals surface area contributed by atoms with Gasteiger partial charge in [0.1, 0.15) is 11.5 Å². The van der Waals surface area contributed by atoms with E-state index >= 15 is 0 Å². The maximum Gasteiger partial charge on any atom is 0.238 e. The van der Waals surface area contributed by atoms with Crippen molar-refractivity contribution in [3.05, 3.63) is 54.1 Å². The van der Waals surface area contributed by atoms with Gasteiger partial charge in [0.05, 0.1) is 4.90 Å². The fourth-order valence-electron chi connectivity index (χ4n) is 1.78. The Morgan fingerprint density at radius 1 is 1.09 bits per heavy atom. The molecule has 0 radical (unpaired) electrons. The van der Waals surface area contributed by atoms with Gasteiger partial charge in [0.25, 0.3) is 0 Å². The number of para-hydroxylation sites is 1. The summed E-state index contributed by atoms with van der Waals surface area (Å²) in [5, 5.41) is 8.11. The second-order valence-corrected chi connectivity index (χ2v) is 5.82. The van der Waals surface area contributed by atoms with Crippen LogP contribution in [0.2, 0.25) is 0 Å². The molecule has 0 atom stereocenters. The predicted molar refractivity (Wildman–Crippen MR) is 88.4 cm³/mol. The lowest BCUT2D eigenvalue weighted by Gasteiger charge is -2.12. The summed E-state index contributed by atoms with van der Waals surface area (Å²) >= 11 is 0. The van der Waals surface area contributed by atoms with Crippen LogP contribution in [0.3, 0.4) is 0 Å². The first-order valence-corrected chi connectivity index (χ1v) is 8.58. The molecule has 22 heavy (non-hydrogen) atoms. The molecule has 0 heterocycles. The lowest BCUT2D eigenvalue weighted by molar-refractivity contribution is 0.473. The van der Waals surface area contributed by atoms with Crippen LogP contribution in [0, 0.1) is 0 Å². The topological polar surface area (TPSA) is 81.4 Å². The molecule has 0 amide bonds. The molecule has 0 aliphatic rings. The summed E-state index contributed by atoms with van der Waals surface area (Å²) in [6, 6.07) is 13.9. The van der Waals surface area contributed by atoms with Gasteiger partial charge in [-0.3, -0.25) is 0 Å². The number of rotatable bonds is 5. The molecule has 0 saturated heterocycles. The standard InChI is InChI=1S/C14H16N2O3S.C2H6/c1-16-10-11-9-13(20(15,17)18)7-8-14(11)19-12-5-3-2-4-6-12;1-2/h2-9,16H,10H2,1H3,(H2,15,17,18);1-2H3. The highest BCUT2D eigenvalue weighted by atomic mass is 32.2. The average Bonchev–Trinajstić information content (AvgIpc) is 2.51. The fourth-order valence-corrected chi connectivity index (χ4v) is 2.34. The lowest BCUT2D eigenvalue weighted by atomic mass is 10.2. The van der Waals surface area contributed by atoms with Crippen molar-refractivity contribution in [2.75, 3.05) is 7.05 Å². The Kier molecular flexibility index (Phi) is 7.04. The van der Waals surface area contributed by atoms with E-state index < -0.39 is 10.0 Å². The molecule has 5 nitrogen and oxygen atoms in total. The fraction of sp³-hybridized carbons (Fsp3) is 0.250. The van der Waals surface area contributed by atoms with Crippen LogP contribution in [-0.2, 0) is 16.6 Å². The molecule has 0 unspecified atom stereocenters. The van der Waals surface area contributed by atoms with E-state index in [9.17, 15) is 8.42 Å². The molecule has 2 aromatic rings. The minimum absolute atomic E-state index is 0.0724. The van der Waals surface area contributed by atoms with Crippen LogP contribution in [0.15, 0.2) is 53.4 Å². The number of nitrogens with two attached hydrogens (primary N) is 1. The smallest absolute Gasteiger partial charge is 0.238 e. The first-order valence-electron chi connectivity index (χ1n) is 7.04. The molecular weight excluding hydrogens is 300 g/mol. The van der Waals surface area contributed by atoms with Crippen LogP contribution < -0.4 is 15.2 Å². The molecule has 0 aliphatic heterocycles. The third kappa shape index (κ3) is 5.14. The van der Waals surface area contributed by atoms with Crippen molar-refractivity contribution in [3.8, 4) is 11.5 Å². The SMILES string of the molecule is CC.CNCc1cc(S(N)(=O)=O)ccc1Oc1ccccc1. The zero-order valence-electron chi connectivity index (χ0n) is 13.0. The normalized spacial score (nSPS) is 10.5. The molecule has 6 heteroatoms. The summed E-state index contributed by atoms with van der Waals surface area (Å²) < 4.78 is 28.5. The average molecular weight is 322 g/mol. The molecule has 0 aliphatic carbocycles. The highest BCUT2D eigenvalue weighted by Crippen LogP contribution is 2.27. The van der Waals surface area contributed by atoms with Crippen LogP contribution in [0.1, 0.15) is 19.4 Å². The summed E-state index contributed by atoms with van der Waals surface area (Å²) in [6.45, 7) is 4.48. The summed E-state index contributed by atoms with van der Waals surface area (Å²) in [5.74, 6) is 1.28. The van der Waals surface area contributed by atoms with Crippen molar-refractivity contribution in [2.24, 2.45) is 5.14 Å². The number of primary sulfonamides is 1. The van der Waals surface area contributed by atoms with Crippen molar-refractivity contribution in [1.82, 2.24) is 5.32 Å². The maximum absolute atomic E-state index is 11.4. The quantitative estimate of drug-likeness (QED) is 0.887. The highest BCUT2D eigenvalue weighted by molar-refractivity contribution is 7.89. The summed E-state index contributed by atoms with van der Waals surface area (Å²) in [7, 11) is -1.94. The molecule has 3 N–H and O–H groups in total. The number of hydrogen-bond donors (Lipinski definition) is 2. The molecule has 120 valence electrons. The first-order chi connectivity index (χ1) is 10.5. The number of sulfonamides is 1. The predicted octanol–water partition coefficient (Wildman–Crippen LogP) is 2.87. The molecule has 0 saturated carbocycles. The van der Waals surface area contributed by atoms with Crippen LogP contribution in [0.4, 0.5) is 0 Å². The van der Waals surface area contributed by atoms with E-state index in [1.165, 1.54) is 12.1 Å². The third-order valence-electron chi connectivity index (χ3n) is 2.70. The van der Waals surface area contributed by atoms with E-state index in [4.69, 9.17) is 9.88 Å². The Morgan fingerprint density at radius 2 is 1.73 bits per heavy atom. The third-order valence-corrected chi connectivity index (χ3v) is 3.61. The van der Waals surface area contributed by atoms with E-state index in [2.05, 4.69) is 5.32 Å². The molecule has 0 fully saturated rings. The lowest BCUT2D eigenvalue weighted by Crippen LogP contribution is -2.14. The number of benzene rings is 2. The monoisotopic (exact) mass is 322 g/mol. The van der Waals surface area contributed by atoms with Gasteiger partial charge in [0.15, 0.2) is 0 Å². The van der Waals surface area contributed by atoms with Gasteiger partial charge in [0, 0.05) is 12.1 Å². The van der Waals surface area contributed by atoms with Crippen LogP contribution in [0.25, 0.3) is 0 Å².